The van der Waals surface area contributed by atoms with Crippen LogP contribution in [0.15, 0.2) is 41.0 Å². The maximum absolute atomic E-state index is 14.1. The number of benzene rings is 1. The fraction of sp³-hybridized carbons (Fsp3) is 0.312. The molecule has 134 valence electrons. The molecule has 1 aromatic heterocycles. The van der Waals surface area contributed by atoms with Crippen LogP contribution in [0.1, 0.15) is 31.2 Å². The van der Waals surface area contributed by atoms with Crippen molar-refractivity contribution in [3.05, 3.63) is 63.9 Å². The van der Waals surface area contributed by atoms with Crippen LogP contribution in [0.25, 0.3) is 0 Å². The molecule has 24 heavy (non-hydrogen) atoms. The van der Waals surface area contributed by atoms with Crippen LogP contribution in [0, 0.1) is 11.6 Å². The van der Waals surface area contributed by atoms with Gasteiger partial charge in [0.15, 0.2) is 6.10 Å². The van der Waals surface area contributed by atoms with E-state index in [0.717, 1.165) is 24.4 Å². The van der Waals surface area contributed by atoms with E-state index in [1.807, 2.05) is 13.8 Å². The van der Waals surface area contributed by atoms with E-state index in [1.165, 1.54) is 13.1 Å². The zero-order valence-corrected chi connectivity index (χ0v) is 15.0. The van der Waals surface area contributed by atoms with Gasteiger partial charge in [-0.25, -0.2) is 8.78 Å². The first-order chi connectivity index (χ1) is 11.3. The third-order valence-corrected chi connectivity index (χ3v) is 3.14. The van der Waals surface area contributed by atoms with Gasteiger partial charge in [0.2, 0.25) is 0 Å². The normalized spacial score (nSPS) is 11.6. The number of hydrogen-bond acceptors (Lipinski definition) is 3. The Kier molecular flexibility index (Phi) is 9.72. The van der Waals surface area contributed by atoms with Crippen molar-refractivity contribution in [2.45, 2.75) is 25.9 Å². The van der Waals surface area contributed by atoms with E-state index >= 15 is 0 Å². The standard InChI is InChI=1S/C13H8BrF4NO.C2H6.CH5N/c14-7-1-4-11(19-6-7)13(17,18)12(20)9-3-2-8(15)5-10(9)16;2*1-2/h1-6,12,20H;1-2H3;2H2,1H3. The molecule has 0 aliphatic heterocycles. The highest BCUT2D eigenvalue weighted by Gasteiger charge is 2.44. The van der Waals surface area contributed by atoms with Gasteiger partial charge in [0, 0.05) is 22.3 Å². The summed E-state index contributed by atoms with van der Waals surface area (Å²) < 4.78 is 54.8. The third-order valence-electron chi connectivity index (χ3n) is 2.67. The Balaban J connectivity index is 0.00000123. The van der Waals surface area contributed by atoms with Gasteiger partial charge in [-0.2, -0.15) is 8.78 Å². The Bertz CT molecular complexity index is 624. The minimum Gasteiger partial charge on any atom is -0.382 e. The van der Waals surface area contributed by atoms with Gasteiger partial charge in [-0.15, -0.1) is 0 Å². The molecule has 0 radical (unpaired) electrons. The Labute approximate surface area is 146 Å². The zero-order chi connectivity index (χ0) is 18.9. The van der Waals surface area contributed by atoms with E-state index < -0.39 is 34.9 Å². The molecule has 8 heteroatoms. The van der Waals surface area contributed by atoms with Gasteiger partial charge in [0.05, 0.1) is 0 Å². The molecular formula is C16H19BrF4N2O. The molecular weight excluding hydrogens is 392 g/mol. The van der Waals surface area contributed by atoms with Crippen LogP contribution in [0.2, 0.25) is 0 Å². The number of halogens is 5. The van der Waals surface area contributed by atoms with Crippen LogP contribution < -0.4 is 5.73 Å². The number of nitrogens with two attached hydrogens (primary N) is 1. The molecule has 1 heterocycles. The predicted molar refractivity (Wildman–Crippen MR) is 88.6 cm³/mol. The first-order valence-corrected chi connectivity index (χ1v) is 7.82. The highest BCUT2D eigenvalue weighted by atomic mass is 79.9. The van der Waals surface area contributed by atoms with Gasteiger partial charge in [-0.1, -0.05) is 19.9 Å². The smallest absolute Gasteiger partial charge is 0.319 e. The fourth-order valence-electron chi connectivity index (χ4n) is 1.63. The van der Waals surface area contributed by atoms with Crippen LogP contribution in [0.3, 0.4) is 0 Å². The first kappa shape index (κ1) is 22.5. The van der Waals surface area contributed by atoms with E-state index in [0.29, 0.717) is 10.5 Å². The molecule has 0 spiro atoms. The highest BCUT2D eigenvalue weighted by molar-refractivity contribution is 9.10. The van der Waals surface area contributed by atoms with Gasteiger partial charge < -0.3 is 10.8 Å². The fourth-order valence-corrected chi connectivity index (χ4v) is 1.87. The molecule has 2 aromatic rings. The van der Waals surface area contributed by atoms with Crippen LogP contribution >= 0.6 is 15.9 Å². The molecule has 1 aromatic carbocycles. The molecule has 0 aliphatic carbocycles. The van der Waals surface area contributed by atoms with Gasteiger partial charge in [-0.3, -0.25) is 4.98 Å². The summed E-state index contributed by atoms with van der Waals surface area (Å²) in [5.41, 5.74) is 3.10. The molecule has 0 fully saturated rings. The maximum atomic E-state index is 14.1. The van der Waals surface area contributed by atoms with Gasteiger partial charge >= 0.3 is 5.92 Å². The zero-order valence-electron chi connectivity index (χ0n) is 13.4. The lowest BCUT2D eigenvalue weighted by molar-refractivity contribution is -0.122. The molecule has 0 amide bonds. The van der Waals surface area contributed by atoms with Crippen LogP contribution in [-0.2, 0) is 5.92 Å². The summed E-state index contributed by atoms with van der Waals surface area (Å²) in [6.45, 7) is 4.00. The van der Waals surface area contributed by atoms with Crippen molar-refractivity contribution in [1.29, 1.82) is 0 Å². The third kappa shape index (κ3) is 5.54. The predicted octanol–water partition coefficient (Wildman–Crippen LogP) is 4.55. The monoisotopic (exact) mass is 410 g/mol. The SMILES string of the molecule is CC.CN.OC(c1ccc(F)cc1F)C(F)(F)c1ccc(Br)cn1. The van der Waals surface area contributed by atoms with E-state index in [4.69, 9.17) is 0 Å². The number of nitrogens with zero attached hydrogens (tertiary/aromatic N) is 1. The number of hydrogen-bond donors (Lipinski definition) is 2. The molecule has 3 nitrogen and oxygen atoms in total. The summed E-state index contributed by atoms with van der Waals surface area (Å²) in [6.07, 6.45) is -1.33. The lowest BCUT2D eigenvalue weighted by Crippen LogP contribution is -2.25. The summed E-state index contributed by atoms with van der Waals surface area (Å²) in [5, 5.41) is 9.68. The molecule has 0 bridgehead atoms. The molecule has 0 saturated heterocycles. The second kappa shape index (κ2) is 10.4. The molecule has 2 rings (SSSR count). The van der Waals surface area contributed by atoms with E-state index in [2.05, 4.69) is 26.6 Å². The first-order valence-electron chi connectivity index (χ1n) is 7.03. The Morgan fingerprint density at radius 1 is 1.12 bits per heavy atom. The summed E-state index contributed by atoms with van der Waals surface area (Å²) in [7, 11) is 1.50. The topological polar surface area (TPSA) is 59.1 Å². The molecule has 3 N–H and O–H groups in total. The van der Waals surface area contributed by atoms with Crippen molar-refractivity contribution in [3.63, 3.8) is 0 Å². The number of aliphatic hydroxyl groups excluding tert-OH is 1. The van der Waals surface area contributed by atoms with Gasteiger partial charge in [0.25, 0.3) is 0 Å². The summed E-state index contributed by atoms with van der Waals surface area (Å²) in [4.78, 5) is 3.49. The summed E-state index contributed by atoms with van der Waals surface area (Å²) in [6, 6.07) is 4.34. The second-order valence-electron chi connectivity index (χ2n) is 4.05. The quantitative estimate of drug-likeness (QED) is 0.729. The summed E-state index contributed by atoms with van der Waals surface area (Å²) >= 11 is 3.04. The van der Waals surface area contributed by atoms with Gasteiger partial charge in [0.1, 0.15) is 17.3 Å². The molecule has 1 atom stereocenters. The average Bonchev–Trinajstić information content (AvgIpc) is 2.58. The minimum atomic E-state index is -3.81. The van der Waals surface area contributed by atoms with Crippen molar-refractivity contribution < 1.29 is 22.7 Å². The number of rotatable bonds is 3. The van der Waals surface area contributed by atoms with Crippen LogP contribution in [-0.4, -0.2) is 17.1 Å². The Morgan fingerprint density at radius 2 is 1.71 bits per heavy atom. The summed E-state index contributed by atoms with van der Waals surface area (Å²) in [5.74, 6) is -5.96. The van der Waals surface area contributed by atoms with E-state index in [-0.39, 0.29) is 0 Å². The lowest BCUT2D eigenvalue weighted by Gasteiger charge is -2.22. The van der Waals surface area contributed by atoms with Crippen LogP contribution in [0.4, 0.5) is 17.6 Å². The number of pyridine rings is 1. The largest absolute Gasteiger partial charge is 0.382 e. The van der Waals surface area contributed by atoms with E-state index in [1.54, 1.807) is 0 Å². The second-order valence-corrected chi connectivity index (χ2v) is 4.97. The molecule has 0 saturated carbocycles. The number of aliphatic hydroxyl groups is 1. The molecule has 0 aliphatic rings. The molecule has 1 unspecified atom stereocenters. The van der Waals surface area contributed by atoms with Crippen molar-refractivity contribution >= 4 is 15.9 Å². The number of alkyl halides is 2. The lowest BCUT2D eigenvalue weighted by atomic mass is 10.00. The van der Waals surface area contributed by atoms with Crippen molar-refractivity contribution in [3.8, 4) is 0 Å². The van der Waals surface area contributed by atoms with Crippen molar-refractivity contribution in [1.82, 2.24) is 4.98 Å². The maximum Gasteiger partial charge on any atom is 0.319 e. The Morgan fingerprint density at radius 3 is 2.17 bits per heavy atom. The van der Waals surface area contributed by atoms with Gasteiger partial charge in [-0.05, 0) is 41.2 Å². The minimum absolute atomic E-state index is 0.434. The van der Waals surface area contributed by atoms with Crippen molar-refractivity contribution in [2.75, 3.05) is 7.05 Å². The number of aromatic nitrogens is 1. The Hall–Kier alpha value is -1.51. The van der Waals surface area contributed by atoms with E-state index in [9.17, 15) is 22.7 Å². The van der Waals surface area contributed by atoms with Crippen molar-refractivity contribution in [2.24, 2.45) is 5.73 Å². The van der Waals surface area contributed by atoms with Crippen LogP contribution in [0.5, 0.6) is 0 Å². The average molecular weight is 411 g/mol. The highest BCUT2D eigenvalue weighted by Crippen LogP contribution is 2.40.